The third-order valence-electron chi connectivity index (χ3n) is 5.50. The van der Waals surface area contributed by atoms with Crippen LogP contribution in [-0.4, -0.2) is 28.5 Å². The van der Waals surface area contributed by atoms with Crippen LogP contribution in [0, 0.1) is 0 Å². The monoisotopic (exact) mass is 292 g/mol. The van der Waals surface area contributed by atoms with E-state index in [1.54, 1.807) is 11.1 Å². The van der Waals surface area contributed by atoms with E-state index in [2.05, 4.69) is 47.1 Å². The molecule has 0 spiro atoms. The summed E-state index contributed by atoms with van der Waals surface area (Å²) < 4.78 is 0. The molecule has 1 saturated heterocycles. The Labute approximate surface area is 133 Å². The number of likely N-dealkylation sites (tertiary alicyclic amines) is 1. The van der Waals surface area contributed by atoms with Gasteiger partial charge in [0, 0.05) is 24.5 Å². The second-order valence-electron chi connectivity index (χ2n) is 6.85. The molecule has 2 atom stereocenters. The van der Waals surface area contributed by atoms with Crippen LogP contribution in [0.5, 0.6) is 0 Å². The summed E-state index contributed by atoms with van der Waals surface area (Å²) in [7, 11) is 0. The molecule has 22 heavy (non-hydrogen) atoms. The minimum Gasteiger partial charge on any atom is -0.297 e. The maximum absolute atomic E-state index is 4.11. The topological polar surface area (TPSA) is 16.1 Å². The molecule has 2 nitrogen and oxygen atoms in total. The van der Waals surface area contributed by atoms with Crippen molar-refractivity contribution >= 4 is 0 Å². The molecule has 1 aliphatic heterocycles. The van der Waals surface area contributed by atoms with E-state index in [1.165, 1.54) is 49.8 Å². The fraction of sp³-hybridized carbons (Fsp3) is 0.450. The predicted octanol–water partition coefficient (Wildman–Crippen LogP) is 4.09. The van der Waals surface area contributed by atoms with E-state index >= 15 is 0 Å². The van der Waals surface area contributed by atoms with Crippen LogP contribution in [0.25, 0.3) is 11.1 Å². The SMILES string of the molecule is C[C@@H]1CCCN1[C@@H]1CCc2cc(-c3ccncc3)ccc2C1. The molecule has 0 unspecified atom stereocenters. The fourth-order valence-electron chi connectivity index (χ4n) is 4.24. The number of benzene rings is 1. The highest BCUT2D eigenvalue weighted by Gasteiger charge is 2.30. The second-order valence-corrected chi connectivity index (χ2v) is 6.85. The van der Waals surface area contributed by atoms with E-state index in [0.29, 0.717) is 0 Å². The van der Waals surface area contributed by atoms with Crippen molar-refractivity contribution in [3.8, 4) is 11.1 Å². The van der Waals surface area contributed by atoms with E-state index in [0.717, 1.165) is 12.1 Å². The standard InChI is InChI=1S/C20H24N2/c1-15-3-2-12-22(15)20-7-6-18-13-17(4-5-19(18)14-20)16-8-10-21-11-9-16/h4-5,8-11,13,15,20H,2-3,6-7,12,14H2,1H3/t15-,20-/m1/s1. The molecular weight excluding hydrogens is 268 g/mol. The van der Waals surface area contributed by atoms with Crippen molar-refractivity contribution in [2.75, 3.05) is 6.54 Å². The van der Waals surface area contributed by atoms with Crippen LogP contribution in [0.4, 0.5) is 0 Å². The van der Waals surface area contributed by atoms with Gasteiger partial charge in [-0.3, -0.25) is 9.88 Å². The Morgan fingerprint density at radius 1 is 1.00 bits per heavy atom. The molecule has 2 heteroatoms. The first-order valence-corrected chi connectivity index (χ1v) is 8.59. The molecule has 4 rings (SSSR count). The maximum Gasteiger partial charge on any atom is 0.0273 e. The largest absolute Gasteiger partial charge is 0.297 e. The lowest BCUT2D eigenvalue weighted by molar-refractivity contribution is 0.174. The molecule has 1 aliphatic carbocycles. The van der Waals surface area contributed by atoms with Gasteiger partial charge in [-0.2, -0.15) is 0 Å². The highest BCUT2D eigenvalue weighted by molar-refractivity contribution is 5.64. The Balaban J connectivity index is 1.57. The normalized spacial score (nSPS) is 25.1. The third-order valence-corrected chi connectivity index (χ3v) is 5.50. The van der Waals surface area contributed by atoms with Gasteiger partial charge in [0.1, 0.15) is 0 Å². The summed E-state index contributed by atoms with van der Waals surface area (Å²) in [5.74, 6) is 0. The Morgan fingerprint density at radius 3 is 2.64 bits per heavy atom. The van der Waals surface area contributed by atoms with Crippen molar-refractivity contribution in [2.45, 2.75) is 51.1 Å². The molecule has 1 fully saturated rings. The average molecular weight is 292 g/mol. The van der Waals surface area contributed by atoms with Crippen molar-refractivity contribution in [3.63, 3.8) is 0 Å². The zero-order valence-electron chi connectivity index (χ0n) is 13.3. The smallest absolute Gasteiger partial charge is 0.0273 e. The molecular formula is C20H24N2. The molecule has 2 aromatic rings. The average Bonchev–Trinajstić information content (AvgIpc) is 3.01. The van der Waals surface area contributed by atoms with E-state index in [4.69, 9.17) is 0 Å². The minimum absolute atomic E-state index is 0.761. The highest BCUT2D eigenvalue weighted by atomic mass is 15.2. The lowest BCUT2D eigenvalue weighted by Gasteiger charge is -2.35. The van der Waals surface area contributed by atoms with Crippen LogP contribution >= 0.6 is 0 Å². The number of pyridine rings is 1. The predicted molar refractivity (Wildman–Crippen MR) is 90.9 cm³/mol. The summed E-state index contributed by atoms with van der Waals surface area (Å²) >= 11 is 0. The van der Waals surface area contributed by atoms with Gasteiger partial charge >= 0.3 is 0 Å². The summed E-state index contributed by atoms with van der Waals surface area (Å²) in [6.07, 6.45) is 10.3. The molecule has 1 aromatic carbocycles. The van der Waals surface area contributed by atoms with Gasteiger partial charge < -0.3 is 0 Å². The van der Waals surface area contributed by atoms with Gasteiger partial charge in [-0.15, -0.1) is 0 Å². The first kappa shape index (κ1) is 14.0. The molecule has 0 amide bonds. The molecule has 2 aliphatic rings. The zero-order chi connectivity index (χ0) is 14.9. The van der Waals surface area contributed by atoms with Gasteiger partial charge in [0.2, 0.25) is 0 Å². The Kier molecular flexibility index (Phi) is 3.71. The number of hydrogen-bond acceptors (Lipinski definition) is 2. The number of rotatable bonds is 2. The second kappa shape index (κ2) is 5.85. The van der Waals surface area contributed by atoms with Gasteiger partial charge in [-0.05, 0) is 80.0 Å². The summed E-state index contributed by atoms with van der Waals surface area (Å²) in [5.41, 5.74) is 5.72. The van der Waals surface area contributed by atoms with Crippen LogP contribution in [0.3, 0.4) is 0 Å². The quantitative estimate of drug-likeness (QED) is 0.829. The molecule has 0 N–H and O–H groups in total. The van der Waals surface area contributed by atoms with Gasteiger partial charge in [-0.25, -0.2) is 0 Å². The molecule has 0 bridgehead atoms. The van der Waals surface area contributed by atoms with Gasteiger partial charge in [0.05, 0.1) is 0 Å². The molecule has 114 valence electrons. The number of nitrogens with zero attached hydrogens (tertiary/aromatic N) is 2. The van der Waals surface area contributed by atoms with Crippen LogP contribution in [0.2, 0.25) is 0 Å². The first-order chi connectivity index (χ1) is 10.8. The lowest BCUT2D eigenvalue weighted by atomic mass is 9.85. The molecule has 2 heterocycles. The number of hydrogen-bond donors (Lipinski definition) is 0. The molecule has 0 saturated carbocycles. The van der Waals surface area contributed by atoms with Crippen molar-refractivity contribution < 1.29 is 0 Å². The first-order valence-electron chi connectivity index (χ1n) is 8.59. The molecule has 0 radical (unpaired) electrons. The van der Waals surface area contributed by atoms with Crippen LogP contribution in [-0.2, 0) is 12.8 Å². The summed E-state index contributed by atoms with van der Waals surface area (Å²) in [5, 5.41) is 0. The van der Waals surface area contributed by atoms with Crippen LogP contribution in [0.1, 0.15) is 37.3 Å². The van der Waals surface area contributed by atoms with E-state index < -0.39 is 0 Å². The van der Waals surface area contributed by atoms with E-state index in [9.17, 15) is 0 Å². The Hall–Kier alpha value is -1.67. The van der Waals surface area contributed by atoms with Crippen LogP contribution in [0.15, 0.2) is 42.7 Å². The van der Waals surface area contributed by atoms with Gasteiger partial charge in [0.25, 0.3) is 0 Å². The van der Waals surface area contributed by atoms with Crippen molar-refractivity contribution in [1.82, 2.24) is 9.88 Å². The zero-order valence-corrected chi connectivity index (χ0v) is 13.3. The number of fused-ring (bicyclic) bond motifs is 1. The lowest BCUT2D eigenvalue weighted by Crippen LogP contribution is -2.41. The van der Waals surface area contributed by atoms with Crippen molar-refractivity contribution in [1.29, 1.82) is 0 Å². The summed E-state index contributed by atoms with van der Waals surface area (Å²) in [6, 6.07) is 12.8. The summed E-state index contributed by atoms with van der Waals surface area (Å²) in [4.78, 5) is 6.86. The van der Waals surface area contributed by atoms with Crippen molar-refractivity contribution in [3.05, 3.63) is 53.9 Å². The van der Waals surface area contributed by atoms with Gasteiger partial charge in [0.15, 0.2) is 0 Å². The number of aryl methyl sites for hydroxylation is 1. The molecule has 1 aromatic heterocycles. The van der Waals surface area contributed by atoms with Gasteiger partial charge in [-0.1, -0.05) is 18.2 Å². The Bertz CT molecular complexity index is 650. The fourth-order valence-corrected chi connectivity index (χ4v) is 4.24. The Morgan fingerprint density at radius 2 is 1.86 bits per heavy atom. The van der Waals surface area contributed by atoms with E-state index in [1.807, 2.05) is 12.4 Å². The third kappa shape index (κ3) is 2.56. The maximum atomic E-state index is 4.11. The van der Waals surface area contributed by atoms with Crippen LogP contribution < -0.4 is 0 Å². The van der Waals surface area contributed by atoms with E-state index in [-0.39, 0.29) is 0 Å². The minimum atomic E-state index is 0.761. The summed E-state index contributed by atoms with van der Waals surface area (Å²) in [6.45, 7) is 3.70. The number of aromatic nitrogens is 1. The van der Waals surface area contributed by atoms with Crippen molar-refractivity contribution in [2.24, 2.45) is 0 Å². The highest BCUT2D eigenvalue weighted by Crippen LogP contribution is 2.31.